The Labute approximate surface area is 123 Å². The number of hydrogen-bond donors (Lipinski definition) is 1. The van der Waals surface area contributed by atoms with Crippen molar-refractivity contribution in [2.75, 3.05) is 18.1 Å². The lowest BCUT2D eigenvalue weighted by atomic mass is 9.91. The largest absolute Gasteiger partial charge is 0.419 e. The maximum atomic E-state index is 13.2. The second-order valence-corrected chi connectivity index (χ2v) is 5.79. The van der Waals surface area contributed by atoms with Crippen LogP contribution in [-0.2, 0) is 6.18 Å². The van der Waals surface area contributed by atoms with E-state index in [9.17, 15) is 13.2 Å². The third-order valence-electron chi connectivity index (χ3n) is 3.48. The number of halogens is 4. The smallest absolute Gasteiger partial charge is 0.396 e. The van der Waals surface area contributed by atoms with Gasteiger partial charge in [0.25, 0.3) is 0 Å². The quantitative estimate of drug-likeness (QED) is 0.879. The van der Waals surface area contributed by atoms with Gasteiger partial charge in [0.2, 0.25) is 0 Å². The molecule has 2 rings (SSSR count). The first-order chi connectivity index (χ1) is 9.43. The average Bonchev–Trinajstić information content (AvgIpc) is 2.31. The first-order valence-electron chi connectivity index (χ1n) is 6.53. The fourth-order valence-corrected chi connectivity index (χ4v) is 2.60. The van der Waals surface area contributed by atoms with Gasteiger partial charge in [-0.25, -0.2) is 4.98 Å². The lowest BCUT2D eigenvalue weighted by Crippen LogP contribution is -2.42. The Kier molecular flexibility index (Phi) is 4.90. The first-order valence-corrected chi connectivity index (χ1v) is 7.33. The average molecular weight is 353 g/mol. The molecular weight excluding hydrogens is 337 g/mol. The van der Waals surface area contributed by atoms with Crippen molar-refractivity contribution in [3.05, 3.63) is 22.3 Å². The zero-order valence-electron chi connectivity index (χ0n) is 10.8. The van der Waals surface area contributed by atoms with Crippen LogP contribution < -0.4 is 4.90 Å². The zero-order valence-corrected chi connectivity index (χ0v) is 12.4. The molecule has 1 aliphatic carbocycles. The molecule has 0 amide bonds. The van der Waals surface area contributed by atoms with Gasteiger partial charge < -0.3 is 10.0 Å². The molecule has 0 bridgehead atoms. The Morgan fingerprint density at radius 3 is 2.60 bits per heavy atom. The fraction of sp³-hybridized carbons (Fsp3) is 0.615. The molecule has 0 aromatic carbocycles. The number of aliphatic hydroxyl groups excluding tert-OH is 1. The Hall–Kier alpha value is -0.820. The van der Waals surface area contributed by atoms with Crippen molar-refractivity contribution in [2.45, 2.75) is 37.9 Å². The van der Waals surface area contributed by atoms with Crippen molar-refractivity contribution in [1.82, 2.24) is 4.98 Å². The molecule has 1 aromatic heterocycles. The van der Waals surface area contributed by atoms with E-state index in [4.69, 9.17) is 5.11 Å². The molecular formula is C13H16BrF3N2O. The van der Waals surface area contributed by atoms with Gasteiger partial charge >= 0.3 is 6.18 Å². The van der Waals surface area contributed by atoms with E-state index in [1.54, 1.807) is 4.90 Å². The van der Waals surface area contributed by atoms with Crippen molar-refractivity contribution in [3.8, 4) is 0 Å². The van der Waals surface area contributed by atoms with Gasteiger partial charge in [0.05, 0.1) is 5.56 Å². The van der Waals surface area contributed by atoms with Crippen LogP contribution >= 0.6 is 15.9 Å². The van der Waals surface area contributed by atoms with E-state index < -0.39 is 11.7 Å². The van der Waals surface area contributed by atoms with E-state index in [1.165, 1.54) is 6.20 Å². The summed E-state index contributed by atoms with van der Waals surface area (Å²) in [4.78, 5) is 5.67. The van der Waals surface area contributed by atoms with Crippen molar-refractivity contribution in [2.24, 2.45) is 0 Å². The van der Waals surface area contributed by atoms with Crippen LogP contribution in [0.4, 0.5) is 19.0 Å². The molecule has 0 radical (unpaired) electrons. The van der Waals surface area contributed by atoms with E-state index in [0.29, 0.717) is 17.4 Å². The predicted octanol–water partition coefficient (Wildman–Crippen LogP) is 3.60. The van der Waals surface area contributed by atoms with Crippen LogP contribution in [0.3, 0.4) is 0 Å². The van der Waals surface area contributed by atoms with E-state index in [-0.39, 0.29) is 18.5 Å². The van der Waals surface area contributed by atoms with Gasteiger partial charge in [-0.3, -0.25) is 0 Å². The maximum absolute atomic E-state index is 13.2. The minimum atomic E-state index is -4.44. The van der Waals surface area contributed by atoms with Gasteiger partial charge in [0, 0.05) is 29.9 Å². The van der Waals surface area contributed by atoms with Crippen LogP contribution in [-0.4, -0.2) is 29.3 Å². The number of hydrogen-bond acceptors (Lipinski definition) is 3. The van der Waals surface area contributed by atoms with Crippen LogP contribution in [0.25, 0.3) is 0 Å². The molecule has 0 aliphatic heterocycles. The molecule has 112 valence electrons. The molecule has 0 spiro atoms. The highest BCUT2D eigenvalue weighted by Gasteiger charge is 2.38. The summed E-state index contributed by atoms with van der Waals surface area (Å²) in [5.41, 5.74) is -0.725. The van der Waals surface area contributed by atoms with Crippen LogP contribution in [0.2, 0.25) is 0 Å². The molecule has 1 saturated carbocycles. The number of nitrogens with zero attached hydrogens (tertiary/aromatic N) is 2. The Bertz CT molecular complexity index is 463. The Balaban J connectivity index is 2.36. The molecule has 20 heavy (non-hydrogen) atoms. The highest BCUT2D eigenvalue weighted by atomic mass is 79.9. The normalized spacial score (nSPS) is 16.1. The zero-order chi connectivity index (χ0) is 14.8. The van der Waals surface area contributed by atoms with Gasteiger partial charge in [-0.1, -0.05) is 0 Å². The number of anilines is 1. The number of aromatic nitrogens is 1. The minimum absolute atomic E-state index is 0.0288. The SMILES string of the molecule is OCCCN(c1ncc(Br)cc1C(F)(F)F)C1CCC1. The van der Waals surface area contributed by atoms with Gasteiger partial charge in [-0.2, -0.15) is 13.2 Å². The molecule has 3 nitrogen and oxygen atoms in total. The molecule has 0 atom stereocenters. The Morgan fingerprint density at radius 2 is 2.10 bits per heavy atom. The van der Waals surface area contributed by atoms with Crippen LogP contribution in [0, 0.1) is 0 Å². The van der Waals surface area contributed by atoms with E-state index >= 15 is 0 Å². The molecule has 1 aromatic rings. The molecule has 1 heterocycles. The van der Waals surface area contributed by atoms with Crippen molar-refractivity contribution in [1.29, 1.82) is 0 Å². The summed E-state index contributed by atoms with van der Waals surface area (Å²) < 4.78 is 39.8. The standard InChI is InChI=1S/C13H16BrF3N2O/c14-9-7-11(13(15,16)17)12(18-8-9)19(5-2-6-20)10-3-1-4-10/h7-8,10,20H,1-6H2. The summed E-state index contributed by atoms with van der Waals surface area (Å²) in [7, 11) is 0. The maximum Gasteiger partial charge on any atom is 0.419 e. The van der Waals surface area contributed by atoms with Crippen molar-refractivity contribution in [3.63, 3.8) is 0 Å². The minimum Gasteiger partial charge on any atom is -0.396 e. The highest BCUT2D eigenvalue weighted by Crippen LogP contribution is 2.39. The lowest BCUT2D eigenvalue weighted by Gasteiger charge is -2.39. The van der Waals surface area contributed by atoms with Gasteiger partial charge in [-0.15, -0.1) is 0 Å². The van der Waals surface area contributed by atoms with Gasteiger partial charge in [-0.05, 0) is 47.7 Å². The summed E-state index contributed by atoms with van der Waals surface area (Å²) in [6.07, 6.45) is 0.160. The second kappa shape index (κ2) is 6.30. The first kappa shape index (κ1) is 15.6. The third-order valence-corrected chi connectivity index (χ3v) is 3.92. The van der Waals surface area contributed by atoms with E-state index in [1.807, 2.05) is 0 Å². The van der Waals surface area contributed by atoms with Gasteiger partial charge in [0.15, 0.2) is 0 Å². The van der Waals surface area contributed by atoms with Crippen LogP contribution in [0.15, 0.2) is 16.7 Å². The summed E-state index contributed by atoms with van der Waals surface area (Å²) >= 11 is 3.04. The third kappa shape index (κ3) is 3.44. The summed E-state index contributed by atoms with van der Waals surface area (Å²) in [6, 6.07) is 1.16. The highest BCUT2D eigenvalue weighted by molar-refractivity contribution is 9.10. The summed E-state index contributed by atoms with van der Waals surface area (Å²) in [5, 5.41) is 8.93. The van der Waals surface area contributed by atoms with E-state index in [0.717, 1.165) is 25.3 Å². The number of alkyl halides is 3. The summed E-state index contributed by atoms with van der Waals surface area (Å²) in [6.45, 7) is 0.347. The predicted molar refractivity (Wildman–Crippen MR) is 73.6 cm³/mol. The number of rotatable bonds is 5. The fourth-order valence-electron chi connectivity index (χ4n) is 2.27. The van der Waals surface area contributed by atoms with Crippen LogP contribution in [0.1, 0.15) is 31.2 Å². The molecule has 1 fully saturated rings. The molecule has 0 unspecified atom stereocenters. The second-order valence-electron chi connectivity index (χ2n) is 4.88. The van der Waals surface area contributed by atoms with Gasteiger partial charge in [0.1, 0.15) is 5.82 Å². The number of aliphatic hydroxyl groups is 1. The lowest BCUT2D eigenvalue weighted by molar-refractivity contribution is -0.137. The molecule has 1 aliphatic rings. The molecule has 7 heteroatoms. The Morgan fingerprint density at radius 1 is 1.40 bits per heavy atom. The monoisotopic (exact) mass is 352 g/mol. The topological polar surface area (TPSA) is 36.4 Å². The molecule has 0 saturated heterocycles. The van der Waals surface area contributed by atoms with Crippen molar-refractivity contribution < 1.29 is 18.3 Å². The van der Waals surface area contributed by atoms with Crippen LogP contribution in [0.5, 0.6) is 0 Å². The summed E-state index contributed by atoms with van der Waals surface area (Å²) in [5.74, 6) is -0.0288. The number of pyridine rings is 1. The molecule has 1 N–H and O–H groups in total. The van der Waals surface area contributed by atoms with Crippen molar-refractivity contribution >= 4 is 21.7 Å². The van der Waals surface area contributed by atoms with E-state index in [2.05, 4.69) is 20.9 Å².